The Labute approximate surface area is 80.1 Å². The molecule has 1 atom stereocenters. The highest BCUT2D eigenvalue weighted by Gasteiger charge is 2.39. The summed E-state index contributed by atoms with van der Waals surface area (Å²) in [5.74, 6) is -1.59. The normalized spacial score (nSPS) is 20.3. The van der Waals surface area contributed by atoms with E-state index in [9.17, 15) is 14.4 Å². The molecule has 1 aliphatic heterocycles. The number of hydrogen-bond acceptors (Lipinski definition) is 4. The Bertz CT molecular complexity index is 291. The summed E-state index contributed by atoms with van der Waals surface area (Å²) >= 11 is 0. The first kappa shape index (κ1) is 10.5. The predicted octanol–water partition coefficient (Wildman–Crippen LogP) is -1.71. The number of nitrogens with two attached hydrogens (primary N) is 1. The molecular weight excluding hydrogens is 190 g/mol. The fourth-order valence-corrected chi connectivity index (χ4v) is 1.10. The van der Waals surface area contributed by atoms with Gasteiger partial charge in [0.05, 0.1) is 6.54 Å². The minimum Gasteiger partial charge on any atom is -0.480 e. The maximum Gasteiger partial charge on any atom is 0.327 e. The Balaban J connectivity index is 2.50. The molecule has 0 aliphatic carbocycles. The summed E-state index contributed by atoms with van der Waals surface area (Å²) in [5.41, 5.74) is 5.27. The van der Waals surface area contributed by atoms with Gasteiger partial charge < -0.3 is 15.7 Å². The molecule has 0 aromatic heterocycles. The smallest absolute Gasteiger partial charge is 0.327 e. The molecule has 0 aromatic rings. The molecule has 1 saturated heterocycles. The molecule has 7 nitrogen and oxygen atoms in total. The third-order valence-corrected chi connectivity index (χ3v) is 1.89. The number of rotatable bonds is 2. The van der Waals surface area contributed by atoms with Gasteiger partial charge in [0.15, 0.2) is 0 Å². The van der Waals surface area contributed by atoms with Crippen LogP contribution in [0.25, 0.3) is 0 Å². The SMILES string of the molecule is CN(CC(=O)O)C(=O)N1CC(N)C1=O. The zero-order valence-electron chi connectivity index (χ0n) is 7.64. The van der Waals surface area contributed by atoms with Crippen LogP contribution in [-0.4, -0.2) is 59.0 Å². The minimum absolute atomic E-state index is 0.154. The molecule has 3 amide bonds. The summed E-state index contributed by atoms with van der Waals surface area (Å²) in [6, 6.07) is -1.25. The van der Waals surface area contributed by atoms with Crippen LogP contribution in [0.4, 0.5) is 4.79 Å². The third kappa shape index (κ3) is 1.82. The van der Waals surface area contributed by atoms with Gasteiger partial charge in [-0.1, -0.05) is 0 Å². The van der Waals surface area contributed by atoms with Crippen LogP contribution in [-0.2, 0) is 9.59 Å². The monoisotopic (exact) mass is 201 g/mol. The molecule has 1 heterocycles. The van der Waals surface area contributed by atoms with Crippen LogP contribution in [0, 0.1) is 0 Å². The highest BCUT2D eigenvalue weighted by Crippen LogP contribution is 2.10. The van der Waals surface area contributed by atoms with Gasteiger partial charge in [-0.2, -0.15) is 0 Å². The first-order chi connectivity index (χ1) is 6.43. The zero-order valence-corrected chi connectivity index (χ0v) is 7.64. The number of carboxylic acids is 1. The van der Waals surface area contributed by atoms with Crippen molar-refractivity contribution in [2.75, 3.05) is 20.1 Å². The average molecular weight is 201 g/mol. The lowest BCUT2D eigenvalue weighted by atomic mass is 10.1. The maximum absolute atomic E-state index is 11.3. The summed E-state index contributed by atoms with van der Waals surface area (Å²) < 4.78 is 0. The maximum atomic E-state index is 11.3. The fraction of sp³-hybridized carbons (Fsp3) is 0.571. The van der Waals surface area contributed by atoms with E-state index in [2.05, 4.69) is 0 Å². The van der Waals surface area contributed by atoms with Crippen molar-refractivity contribution in [1.29, 1.82) is 0 Å². The van der Waals surface area contributed by atoms with Gasteiger partial charge in [-0.05, 0) is 0 Å². The van der Waals surface area contributed by atoms with Crippen molar-refractivity contribution < 1.29 is 19.5 Å². The summed E-state index contributed by atoms with van der Waals surface area (Å²) in [7, 11) is 1.31. The van der Waals surface area contributed by atoms with Crippen molar-refractivity contribution in [3.8, 4) is 0 Å². The van der Waals surface area contributed by atoms with Gasteiger partial charge in [-0.15, -0.1) is 0 Å². The zero-order chi connectivity index (χ0) is 10.9. The van der Waals surface area contributed by atoms with Crippen LogP contribution >= 0.6 is 0 Å². The molecule has 7 heteroatoms. The number of β-lactam (4-membered cyclic amide) rings is 1. The number of carboxylic acid groups (broad SMARTS) is 1. The number of hydrogen-bond donors (Lipinski definition) is 2. The molecule has 0 radical (unpaired) electrons. The molecule has 1 rings (SSSR count). The van der Waals surface area contributed by atoms with Crippen molar-refractivity contribution >= 4 is 17.9 Å². The molecule has 3 N–H and O–H groups in total. The van der Waals surface area contributed by atoms with Crippen LogP contribution in [0.3, 0.4) is 0 Å². The molecular formula is C7H11N3O4. The lowest BCUT2D eigenvalue weighted by molar-refractivity contribution is -0.141. The van der Waals surface area contributed by atoms with Crippen molar-refractivity contribution in [3.05, 3.63) is 0 Å². The summed E-state index contributed by atoms with van der Waals surface area (Å²) in [6.07, 6.45) is 0. The predicted molar refractivity (Wildman–Crippen MR) is 45.4 cm³/mol. The number of carbonyl (C=O) groups excluding carboxylic acids is 2. The van der Waals surface area contributed by atoms with E-state index >= 15 is 0 Å². The first-order valence-electron chi connectivity index (χ1n) is 3.97. The van der Waals surface area contributed by atoms with E-state index < -0.39 is 30.5 Å². The minimum atomic E-state index is -1.13. The first-order valence-corrected chi connectivity index (χ1v) is 3.97. The summed E-state index contributed by atoms with van der Waals surface area (Å²) in [4.78, 5) is 34.5. The Morgan fingerprint density at radius 1 is 1.71 bits per heavy atom. The molecule has 78 valence electrons. The van der Waals surface area contributed by atoms with Gasteiger partial charge in [0.1, 0.15) is 12.6 Å². The summed E-state index contributed by atoms with van der Waals surface area (Å²) in [6.45, 7) is -0.278. The Kier molecular flexibility index (Phi) is 2.70. The standard InChI is InChI=1S/C7H11N3O4/c1-9(3-5(11)12)7(14)10-2-4(8)6(10)13/h4H,2-3,8H2,1H3,(H,11,12). The largest absolute Gasteiger partial charge is 0.480 e. The lowest BCUT2D eigenvalue weighted by Crippen LogP contribution is -2.65. The second kappa shape index (κ2) is 3.62. The van der Waals surface area contributed by atoms with Gasteiger partial charge in [0, 0.05) is 7.05 Å². The molecule has 1 aliphatic rings. The topological polar surface area (TPSA) is 104 Å². The number of likely N-dealkylation sites (N-methyl/N-ethyl adjacent to an activating group) is 1. The fourth-order valence-electron chi connectivity index (χ4n) is 1.10. The highest BCUT2D eigenvalue weighted by molar-refractivity contribution is 6.02. The van der Waals surface area contributed by atoms with Crippen molar-refractivity contribution in [1.82, 2.24) is 9.80 Å². The van der Waals surface area contributed by atoms with Gasteiger partial charge >= 0.3 is 12.0 Å². The van der Waals surface area contributed by atoms with Crippen LogP contribution in [0.15, 0.2) is 0 Å². The molecule has 0 spiro atoms. The molecule has 14 heavy (non-hydrogen) atoms. The number of urea groups is 1. The van der Waals surface area contributed by atoms with Crippen LogP contribution in [0.2, 0.25) is 0 Å². The quantitative estimate of drug-likeness (QED) is 0.518. The molecule has 1 unspecified atom stereocenters. The summed E-state index contributed by atoms with van der Waals surface area (Å²) in [5, 5.41) is 8.40. The molecule has 0 aromatic carbocycles. The third-order valence-electron chi connectivity index (χ3n) is 1.89. The second-order valence-electron chi connectivity index (χ2n) is 3.09. The van der Waals surface area contributed by atoms with Crippen molar-refractivity contribution in [3.63, 3.8) is 0 Å². The van der Waals surface area contributed by atoms with E-state index in [1.54, 1.807) is 0 Å². The number of aliphatic carboxylic acids is 1. The van der Waals surface area contributed by atoms with E-state index in [0.29, 0.717) is 0 Å². The average Bonchev–Trinajstić information content (AvgIpc) is 2.11. The van der Waals surface area contributed by atoms with E-state index in [4.69, 9.17) is 10.8 Å². The van der Waals surface area contributed by atoms with E-state index in [1.165, 1.54) is 7.05 Å². The second-order valence-corrected chi connectivity index (χ2v) is 3.09. The van der Waals surface area contributed by atoms with Gasteiger partial charge in [-0.3, -0.25) is 14.5 Å². The Morgan fingerprint density at radius 2 is 2.29 bits per heavy atom. The molecule has 0 saturated carbocycles. The molecule has 0 bridgehead atoms. The Morgan fingerprint density at radius 3 is 2.64 bits per heavy atom. The van der Waals surface area contributed by atoms with Crippen LogP contribution in [0.1, 0.15) is 0 Å². The van der Waals surface area contributed by atoms with Crippen molar-refractivity contribution in [2.24, 2.45) is 5.73 Å². The lowest BCUT2D eigenvalue weighted by Gasteiger charge is -2.36. The number of nitrogens with zero attached hydrogens (tertiary/aromatic N) is 2. The van der Waals surface area contributed by atoms with Crippen LogP contribution in [0.5, 0.6) is 0 Å². The van der Waals surface area contributed by atoms with Crippen molar-refractivity contribution in [2.45, 2.75) is 6.04 Å². The number of amides is 3. The van der Waals surface area contributed by atoms with Crippen LogP contribution < -0.4 is 5.73 Å². The molecule has 1 fully saturated rings. The van der Waals surface area contributed by atoms with Gasteiger partial charge in [0.2, 0.25) is 5.91 Å². The van der Waals surface area contributed by atoms with E-state index in [0.717, 1.165) is 9.80 Å². The number of carbonyl (C=O) groups is 3. The number of likely N-dealkylation sites (tertiary alicyclic amines) is 1. The highest BCUT2D eigenvalue weighted by atomic mass is 16.4. The van der Waals surface area contributed by atoms with E-state index in [1.807, 2.05) is 0 Å². The van der Waals surface area contributed by atoms with E-state index in [-0.39, 0.29) is 6.54 Å². The van der Waals surface area contributed by atoms with Gasteiger partial charge in [0.25, 0.3) is 0 Å². The van der Waals surface area contributed by atoms with Gasteiger partial charge in [-0.25, -0.2) is 4.79 Å². The Hall–Kier alpha value is -1.63. The number of imide groups is 1.